The van der Waals surface area contributed by atoms with Crippen LogP contribution in [0.3, 0.4) is 0 Å². The highest BCUT2D eigenvalue weighted by Gasteiger charge is 2.23. The molecule has 0 atom stereocenters. The molecular weight excluding hydrogens is 312 g/mol. The quantitative estimate of drug-likeness (QED) is 0.589. The number of rotatable bonds is 7. The van der Waals surface area contributed by atoms with Crippen molar-refractivity contribution in [2.45, 2.75) is 51.0 Å². The second kappa shape index (κ2) is 8.65. The molecule has 2 aliphatic carbocycles. The average molecular weight is 338 g/mol. The van der Waals surface area contributed by atoms with Crippen LogP contribution in [0.15, 0.2) is 42.0 Å². The van der Waals surface area contributed by atoms with Crippen molar-refractivity contribution in [3.05, 3.63) is 53.1 Å². The molecule has 25 heavy (non-hydrogen) atoms. The lowest BCUT2D eigenvalue weighted by molar-refractivity contribution is -0.116. The molecule has 0 aromatic heterocycles. The highest BCUT2D eigenvalue weighted by Crippen LogP contribution is 2.20. The SMILES string of the molecule is O=C(/C=C/c1ccc(C(=O)NC2CC2)cc1)NCCC1=CCCCC1. The molecule has 1 fully saturated rings. The fourth-order valence-electron chi connectivity index (χ4n) is 2.95. The van der Waals surface area contributed by atoms with Crippen molar-refractivity contribution in [3.63, 3.8) is 0 Å². The Morgan fingerprint density at radius 3 is 2.60 bits per heavy atom. The molecule has 2 amide bonds. The first-order valence-corrected chi connectivity index (χ1v) is 9.25. The first kappa shape index (κ1) is 17.5. The van der Waals surface area contributed by atoms with E-state index in [1.165, 1.54) is 31.3 Å². The monoisotopic (exact) mass is 338 g/mol. The fraction of sp³-hybridized carbons (Fsp3) is 0.429. The van der Waals surface area contributed by atoms with Crippen LogP contribution in [0.5, 0.6) is 0 Å². The van der Waals surface area contributed by atoms with Crippen LogP contribution in [0.2, 0.25) is 0 Å². The molecule has 1 aromatic carbocycles. The maximum Gasteiger partial charge on any atom is 0.251 e. The maximum absolute atomic E-state index is 11.9. The molecule has 1 aromatic rings. The topological polar surface area (TPSA) is 58.2 Å². The summed E-state index contributed by atoms with van der Waals surface area (Å²) >= 11 is 0. The number of amides is 2. The minimum Gasteiger partial charge on any atom is -0.352 e. The lowest BCUT2D eigenvalue weighted by Gasteiger charge is -2.12. The number of hydrogen-bond donors (Lipinski definition) is 2. The third-order valence-electron chi connectivity index (χ3n) is 4.64. The van der Waals surface area contributed by atoms with Gasteiger partial charge in [-0.2, -0.15) is 0 Å². The summed E-state index contributed by atoms with van der Waals surface area (Å²) in [7, 11) is 0. The van der Waals surface area contributed by atoms with Crippen molar-refractivity contribution in [1.82, 2.24) is 10.6 Å². The summed E-state index contributed by atoms with van der Waals surface area (Å²) < 4.78 is 0. The summed E-state index contributed by atoms with van der Waals surface area (Å²) in [5, 5.41) is 5.89. The van der Waals surface area contributed by atoms with Crippen LogP contribution in [-0.4, -0.2) is 24.4 Å². The van der Waals surface area contributed by atoms with E-state index >= 15 is 0 Å². The summed E-state index contributed by atoms with van der Waals surface area (Å²) in [4.78, 5) is 23.8. The van der Waals surface area contributed by atoms with Gasteiger partial charge in [-0.1, -0.05) is 23.8 Å². The summed E-state index contributed by atoms with van der Waals surface area (Å²) in [6.07, 6.45) is 13.7. The first-order chi connectivity index (χ1) is 12.2. The lowest BCUT2D eigenvalue weighted by atomic mass is 9.97. The Hall–Kier alpha value is -2.36. The molecule has 0 radical (unpaired) electrons. The Morgan fingerprint density at radius 1 is 1.12 bits per heavy atom. The van der Waals surface area contributed by atoms with Crippen LogP contribution in [0.1, 0.15) is 60.9 Å². The average Bonchev–Trinajstić information content (AvgIpc) is 3.45. The predicted molar refractivity (Wildman–Crippen MR) is 100 cm³/mol. The number of carbonyl (C=O) groups is 2. The third-order valence-corrected chi connectivity index (χ3v) is 4.64. The Bertz CT molecular complexity index is 670. The van der Waals surface area contributed by atoms with Crippen molar-refractivity contribution in [2.24, 2.45) is 0 Å². The predicted octanol–water partition coefficient (Wildman–Crippen LogP) is 3.60. The maximum atomic E-state index is 11.9. The minimum absolute atomic E-state index is 0.0206. The summed E-state index contributed by atoms with van der Waals surface area (Å²) in [5.41, 5.74) is 3.04. The zero-order valence-electron chi connectivity index (χ0n) is 14.6. The molecule has 2 N–H and O–H groups in total. The largest absolute Gasteiger partial charge is 0.352 e. The third kappa shape index (κ3) is 5.89. The fourth-order valence-corrected chi connectivity index (χ4v) is 2.95. The second-order valence-corrected chi connectivity index (χ2v) is 6.85. The number of allylic oxidation sites excluding steroid dienone is 1. The van der Waals surface area contributed by atoms with Crippen LogP contribution < -0.4 is 10.6 Å². The second-order valence-electron chi connectivity index (χ2n) is 6.85. The van der Waals surface area contributed by atoms with Crippen LogP contribution in [0.25, 0.3) is 6.08 Å². The van der Waals surface area contributed by atoms with E-state index in [1.54, 1.807) is 24.3 Å². The van der Waals surface area contributed by atoms with Gasteiger partial charge in [0.25, 0.3) is 5.91 Å². The molecule has 2 aliphatic rings. The van der Waals surface area contributed by atoms with Crippen LogP contribution in [-0.2, 0) is 4.79 Å². The van der Waals surface area contributed by atoms with Gasteiger partial charge in [0.05, 0.1) is 0 Å². The molecule has 0 spiro atoms. The normalized spacial score (nSPS) is 17.2. The minimum atomic E-state index is -0.0769. The van der Waals surface area contributed by atoms with E-state index in [0.717, 1.165) is 24.8 Å². The Balaban J connectivity index is 1.41. The van der Waals surface area contributed by atoms with E-state index in [1.807, 2.05) is 12.1 Å². The molecule has 0 bridgehead atoms. The number of nitrogens with one attached hydrogen (secondary N) is 2. The Kier molecular flexibility index (Phi) is 6.04. The van der Waals surface area contributed by atoms with Crippen LogP contribution in [0.4, 0.5) is 0 Å². The van der Waals surface area contributed by atoms with E-state index < -0.39 is 0 Å². The molecule has 1 saturated carbocycles. The molecule has 0 unspecified atom stereocenters. The van der Waals surface area contributed by atoms with E-state index in [2.05, 4.69) is 16.7 Å². The molecule has 0 aliphatic heterocycles. The van der Waals surface area contributed by atoms with Crippen LogP contribution >= 0.6 is 0 Å². The molecule has 4 nitrogen and oxygen atoms in total. The standard InChI is InChI=1S/C21H26N2O2/c24-20(22-15-14-16-4-2-1-3-5-16)13-8-17-6-9-18(10-7-17)21(25)23-19-11-12-19/h4,6-10,13,19H,1-3,5,11-12,14-15H2,(H,22,24)(H,23,25)/b13-8+. The van der Waals surface area contributed by atoms with Gasteiger partial charge in [-0.3, -0.25) is 9.59 Å². The molecule has 0 saturated heterocycles. The highest BCUT2D eigenvalue weighted by molar-refractivity contribution is 5.95. The van der Waals surface area contributed by atoms with Crippen molar-refractivity contribution in [3.8, 4) is 0 Å². The molecule has 4 heteroatoms. The van der Waals surface area contributed by atoms with Gasteiger partial charge in [-0.25, -0.2) is 0 Å². The molecule has 3 rings (SSSR count). The van der Waals surface area contributed by atoms with Gasteiger partial charge in [0, 0.05) is 24.2 Å². The Labute approximate surface area is 149 Å². The van der Waals surface area contributed by atoms with Crippen LogP contribution in [0, 0.1) is 0 Å². The smallest absolute Gasteiger partial charge is 0.251 e. The first-order valence-electron chi connectivity index (χ1n) is 9.25. The molecule has 132 valence electrons. The lowest BCUT2D eigenvalue weighted by Crippen LogP contribution is -2.25. The van der Waals surface area contributed by atoms with Crippen molar-refractivity contribution in [1.29, 1.82) is 0 Å². The summed E-state index contributed by atoms with van der Waals surface area (Å²) in [6.45, 7) is 0.690. The van der Waals surface area contributed by atoms with Gasteiger partial charge in [0.1, 0.15) is 0 Å². The van der Waals surface area contributed by atoms with E-state index in [0.29, 0.717) is 18.2 Å². The van der Waals surface area contributed by atoms with Crippen molar-refractivity contribution in [2.75, 3.05) is 6.54 Å². The molecular formula is C21H26N2O2. The summed E-state index contributed by atoms with van der Waals surface area (Å²) in [6, 6.07) is 7.67. The van der Waals surface area contributed by atoms with Gasteiger partial charge < -0.3 is 10.6 Å². The van der Waals surface area contributed by atoms with Gasteiger partial charge >= 0.3 is 0 Å². The van der Waals surface area contributed by atoms with Crippen molar-refractivity contribution >= 4 is 17.9 Å². The highest BCUT2D eigenvalue weighted by atomic mass is 16.2. The van der Waals surface area contributed by atoms with E-state index in [9.17, 15) is 9.59 Å². The zero-order chi connectivity index (χ0) is 17.5. The van der Waals surface area contributed by atoms with Gasteiger partial charge in [-0.15, -0.1) is 0 Å². The summed E-state index contributed by atoms with van der Waals surface area (Å²) in [5.74, 6) is -0.0975. The number of carbonyl (C=O) groups excluding carboxylic acids is 2. The number of hydrogen-bond acceptors (Lipinski definition) is 2. The Morgan fingerprint density at radius 2 is 1.92 bits per heavy atom. The number of benzene rings is 1. The molecule has 0 heterocycles. The van der Waals surface area contributed by atoms with E-state index in [-0.39, 0.29) is 11.8 Å². The van der Waals surface area contributed by atoms with Gasteiger partial charge in [0.15, 0.2) is 0 Å². The van der Waals surface area contributed by atoms with E-state index in [4.69, 9.17) is 0 Å². The van der Waals surface area contributed by atoms with Crippen molar-refractivity contribution < 1.29 is 9.59 Å². The van der Waals surface area contributed by atoms with Gasteiger partial charge in [0.2, 0.25) is 5.91 Å². The van der Waals surface area contributed by atoms with Gasteiger partial charge in [-0.05, 0) is 68.7 Å². The zero-order valence-corrected chi connectivity index (χ0v) is 14.6.